The number of halogens is 1. The zero-order valence-electron chi connectivity index (χ0n) is 10.6. The van der Waals surface area contributed by atoms with Crippen molar-refractivity contribution in [1.29, 1.82) is 0 Å². The molecule has 1 aliphatic rings. The lowest BCUT2D eigenvalue weighted by atomic mass is 9.94. The first-order valence-corrected chi connectivity index (χ1v) is 7.12. The van der Waals surface area contributed by atoms with Crippen molar-refractivity contribution >= 4 is 11.6 Å². The Morgan fingerprint density at radius 1 is 1.41 bits per heavy atom. The molecular formula is C15H22ClN. The van der Waals surface area contributed by atoms with Crippen LogP contribution in [0, 0.1) is 11.8 Å². The predicted octanol–water partition coefficient (Wildman–Crippen LogP) is 3.91. The molecule has 0 radical (unpaired) electrons. The minimum absolute atomic E-state index is 0.792. The van der Waals surface area contributed by atoms with E-state index in [2.05, 4.69) is 30.4 Å². The zero-order valence-corrected chi connectivity index (χ0v) is 11.3. The average molecular weight is 252 g/mol. The third-order valence-corrected chi connectivity index (χ3v) is 3.74. The highest BCUT2D eigenvalue weighted by molar-refractivity contribution is 6.30. The molecule has 1 nitrogen and oxygen atoms in total. The van der Waals surface area contributed by atoms with E-state index in [0.29, 0.717) is 0 Å². The fraction of sp³-hybridized carbons (Fsp3) is 0.600. The van der Waals surface area contributed by atoms with Crippen LogP contribution < -0.4 is 5.32 Å². The van der Waals surface area contributed by atoms with E-state index in [-0.39, 0.29) is 0 Å². The Kier molecular flexibility index (Phi) is 4.87. The van der Waals surface area contributed by atoms with E-state index >= 15 is 0 Å². The van der Waals surface area contributed by atoms with Gasteiger partial charge in [-0.2, -0.15) is 0 Å². The van der Waals surface area contributed by atoms with E-state index in [4.69, 9.17) is 11.6 Å². The lowest BCUT2D eigenvalue weighted by Crippen LogP contribution is -2.26. The highest BCUT2D eigenvalue weighted by Crippen LogP contribution is 2.38. The molecular weight excluding hydrogens is 230 g/mol. The van der Waals surface area contributed by atoms with Crippen molar-refractivity contribution in [3.05, 3.63) is 34.9 Å². The van der Waals surface area contributed by atoms with Gasteiger partial charge in [-0.25, -0.2) is 0 Å². The molecule has 0 aromatic heterocycles. The van der Waals surface area contributed by atoms with Crippen molar-refractivity contribution in [3.63, 3.8) is 0 Å². The van der Waals surface area contributed by atoms with E-state index < -0.39 is 0 Å². The zero-order chi connectivity index (χ0) is 12.1. The highest BCUT2D eigenvalue weighted by atomic mass is 35.5. The van der Waals surface area contributed by atoms with Crippen LogP contribution in [0.5, 0.6) is 0 Å². The Balaban J connectivity index is 1.88. The molecule has 0 saturated heterocycles. The monoisotopic (exact) mass is 251 g/mol. The summed E-state index contributed by atoms with van der Waals surface area (Å²) < 4.78 is 0. The first-order valence-electron chi connectivity index (χ1n) is 6.74. The minimum Gasteiger partial charge on any atom is -0.316 e. The predicted molar refractivity (Wildman–Crippen MR) is 74.5 cm³/mol. The van der Waals surface area contributed by atoms with E-state index in [1.54, 1.807) is 0 Å². The van der Waals surface area contributed by atoms with Crippen molar-refractivity contribution in [1.82, 2.24) is 5.32 Å². The molecule has 94 valence electrons. The van der Waals surface area contributed by atoms with E-state index in [1.165, 1.54) is 31.2 Å². The molecule has 1 N–H and O–H groups in total. The fourth-order valence-corrected chi connectivity index (χ4v) is 2.62. The van der Waals surface area contributed by atoms with Gasteiger partial charge in [0, 0.05) is 5.02 Å². The Labute approximate surface area is 110 Å². The van der Waals surface area contributed by atoms with Gasteiger partial charge in [0.2, 0.25) is 0 Å². The molecule has 1 aliphatic carbocycles. The van der Waals surface area contributed by atoms with Gasteiger partial charge in [-0.15, -0.1) is 0 Å². The molecule has 1 aromatic rings. The van der Waals surface area contributed by atoms with Gasteiger partial charge in [-0.3, -0.25) is 0 Å². The second-order valence-corrected chi connectivity index (χ2v) is 5.57. The normalized spacial score (nSPS) is 17.1. The van der Waals surface area contributed by atoms with E-state index in [0.717, 1.165) is 29.9 Å². The summed E-state index contributed by atoms with van der Waals surface area (Å²) in [5.41, 5.74) is 1.38. The van der Waals surface area contributed by atoms with Gasteiger partial charge in [0.1, 0.15) is 0 Å². The van der Waals surface area contributed by atoms with Crippen molar-refractivity contribution in [2.75, 3.05) is 13.1 Å². The quantitative estimate of drug-likeness (QED) is 0.725. The molecule has 2 heteroatoms. The van der Waals surface area contributed by atoms with Crippen molar-refractivity contribution in [2.24, 2.45) is 11.8 Å². The molecule has 0 amide bonds. The maximum absolute atomic E-state index is 6.03. The molecule has 2 rings (SSSR count). The van der Waals surface area contributed by atoms with Crippen molar-refractivity contribution < 1.29 is 0 Å². The number of rotatable bonds is 7. The molecule has 1 aromatic carbocycles. The number of benzene rings is 1. The average Bonchev–Trinajstić information content (AvgIpc) is 3.12. The van der Waals surface area contributed by atoms with Gasteiger partial charge in [0.15, 0.2) is 0 Å². The molecule has 0 aliphatic heterocycles. The van der Waals surface area contributed by atoms with Crippen LogP contribution in [0.4, 0.5) is 0 Å². The summed E-state index contributed by atoms with van der Waals surface area (Å²) in [6, 6.07) is 8.31. The molecule has 1 atom stereocenters. The smallest absolute Gasteiger partial charge is 0.0408 e. The van der Waals surface area contributed by atoms with Gasteiger partial charge >= 0.3 is 0 Å². The van der Waals surface area contributed by atoms with Crippen LogP contribution in [0.1, 0.15) is 31.7 Å². The molecule has 17 heavy (non-hydrogen) atoms. The Bertz CT molecular complexity index is 347. The summed E-state index contributed by atoms with van der Waals surface area (Å²) in [5.74, 6) is 1.73. The van der Waals surface area contributed by atoms with Gasteiger partial charge in [0.25, 0.3) is 0 Å². The van der Waals surface area contributed by atoms with Crippen LogP contribution in [0.3, 0.4) is 0 Å². The summed E-state index contributed by atoms with van der Waals surface area (Å²) in [6.07, 6.45) is 5.22. The number of nitrogens with one attached hydrogen (secondary N) is 1. The summed E-state index contributed by atoms with van der Waals surface area (Å²) >= 11 is 6.03. The standard InChI is InChI=1S/C15H22ClN/c1-2-8-17-11-14(13-6-7-13)9-12-4-3-5-15(16)10-12/h3-5,10,13-14,17H,2,6-9,11H2,1H3. The summed E-state index contributed by atoms with van der Waals surface area (Å²) in [6.45, 7) is 4.51. The van der Waals surface area contributed by atoms with E-state index in [9.17, 15) is 0 Å². The summed E-state index contributed by atoms with van der Waals surface area (Å²) in [4.78, 5) is 0. The SMILES string of the molecule is CCCNCC(Cc1cccc(Cl)c1)C1CC1. The van der Waals surface area contributed by atoms with Crippen LogP contribution in [-0.2, 0) is 6.42 Å². The fourth-order valence-electron chi connectivity index (χ4n) is 2.40. The van der Waals surface area contributed by atoms with Gasteiger partial charge in [-0.1, -0.05) is 30.7 Å². The third kappa shape index (κ3) is 4.33. The Hall–Kier alpha value is -0.530. The van der Waals surface area contributed by atoms with Gasteiger partial charge < -0.3 is 5.32 Å². The van der Waals surface area contributed by atoms with Crippen LogP contribution >= 0.6 is 11.6 Å². The second-order valence-electron chi connectivity index (χ2n) is 5.14. The molecule has 0 heterocycles. The van der Waals surface area contributed by atoms with Gasteiger partial charge in [0.05, 0.1) is 0 Å². The Morgan fingerprint density at radius 2 is 2.24 bits per heavy atom. The topological polar surface area (TPSA) is 12.0 Å². The van der Waals surface area contributed by atoms with E-state index in [1.807, 2.05) is 6.07 Å². The molecule has 1 fully saturated rings. The Morgan fingerprint density at radius 3 is 2.88 bits per heavy atom. The molecule has 1 saturated carbocycles. The van der Waals surface area contributed by atoms with Crippen LogP contribution in [0.15, 0.2) is 24.3 Å². The molecule has 0 spiro atoms. The first-order chi connectivity index (χ1) is 8.29. The van der Waals surface area contributed by atoms with Crippen LogP contribution in [0.2, 0.25) is 5.02 Å². The lowest BCUT2D eigenvalue weighted by molar-refractivity contribution is 0.424. The summed E-state index contributed by atoms with van der Waals surface area (Å²) in [7, 11) is 0. The van der Waals surface area contributed by atoms with Crippen molar-refractivity contribution in [2.45, 2.75) is 32.6 Å². The second kappa shape index (κ2) is 6.42. The largest absolute Gasteiger partial charge is 0.316 e. The molecule has 1 unspecified atom stereocenters. The maximum atomic E-state index is 6.03. The first kappa shape index (κ1) is 12.9. The van der Waals surface area contributed by atoms with Crippen LogP contribution in [-0.4, -0.2) is 13.1 Å². The minimum atomic E-state index is 0.792. The van der Waals surface area contributed by atoms with Crippen molar-refractivity contribution in [3.8, 4) is 0 Å². The third-order valence-electron chi connectivity index (χ3n) is 3.51. The van der Waals surface area contributed by atoms with Gasteiger partial charge in [-0.05, 0) is 68.3 Å². The number of hydrogen-bond donors (Lipinski definition) is 1. The van der Waals surface area contributed by atoms with Crippen LogP contribution in [0.25, 0.3) is 0 Å². The highest BCUT2D eigenvalue weighted by Gasteiger charge is 2.30. The summed E-state index contributed by atoms with van der Waals surface area (Å²) in [5, 5.41) is 4.42. The molecule has 0 bridgehead atoms. The maximum Gasteiger partial charge on any atom is 0.0408 e. The number of hydrogen-bond acceptors (Lipinski definition) is 1. The lowest BCUT2D eigenvalue weighted by Gasteiger charge is -2.17.